The number of aryl methyl sites for hydroxylation is 1. The van der Waals surface area contributed by atoms with Gasteiger partial charge in [0, 0.05) is 42.6 Å². The number of aromatic nitrogens is 1. The van der Waals surface area contributed by atoms with E-state index < -0.39 is 10.0 Å². The number of piperidine rings is 1. The molecular weight excluding hydrogens is 408 g/mol. The Morgan fingerprint density at radius 3 is 2.61 bits per heavy atom. The van der Waals surface area contributed by atoms with Crippen molar-refractivity contribution in [3.63, 3.8) is 0 Å². The highest BCUT2D eigenvalue weighted by Gasteiger charge is 2.26. The summed E-state index contributed by atoms with van der Waals surface area (Å²) in [6.45, 7) is 4.75. The number of pyridine rings is 1. The number of rotatable bonds is 5. The van der Waals surface area contributed by atoms with Crippen LogP contribution in [0.4, 0.5) is 5.69 Å². The van der Waals surface area contributed by atoms with Crippen LogP contribution in [0, 0.1) is 18.3 Å². The molecule has 1 N–H and O–H groups in total. The minimum absolute atomic E-state index is 0.143. The Morgan fingerprint density at radius 2 is 1.90 bits per heavy atom. The van der Waals surface area contributed by atoms with Crippen LogP contribution in [0.25, 0.3) is 21.9 Å². The molecule has 31 heavy (non-hydrogen) atoms. The molecule has 1 fully saturated rings. The summed E-state index contributed by atoms with van der Waals surface area (Å²) in [6, 6.07) is 14.5. The molecule has 0 radical (unpaired) electrons. The van der Waals surface area contributed by atoms with Gasteiger partial charge in [-0.15, -0.1) is 0 Å². The van der Waals surface area contributed by atoms with E-state index in [4.69, 9.17) is 0 Å². The molecule has 0 saturated carbocycles. The van der Waals surface area contributed by atoms with Gasteiger partial charge >= 0.3 is 0 Å². The SMILES string of the molecule is CCS(=O)(=O)N1CCC(Nc2cc(-c3cc(C)cc(C#N)c3)cc3ccncc23)CC1. The molecular formula is C24H26N4O2S. The number of anilines is 1. The average Bonchev–Trinajstić information content (AvgIpc) is 2.79. The first kappa shape index (κ1) is 21.3. The molecule has 2 heterocycles. The van der Waals surface area contributed by atoms with Gasteiger partial charge in [0.2, 0.25) is 10.0 Å². The molecule has 1 aromatic heterocycles. The van der Waals surface area contributed by atoms with Crippen LogP contribution >= 0.6 is 0 Å². The second-order valence-corrected chi connectivity index (χ2v) is 10.3. The van der Waals surface area contributed by atoms with Gasteiger partial charge in [0.15, 0.2) is 0 Å². The summed E-state index contributed by atoms with van der Waals surface area (Å²) in [7, 11) is -3.14. The fourth-order valence-corrected chi connectivity index (χ4v) is 5.31. The predicted molar refractivity (Wildman–Crippen MR) is 124 cm³/mol. The van der Waals surface area contributed by atoms with Gasteiger partial charge in [0.25, 0.3) is 0 Å². The summed E-state index contributed by atoms with van der Waals surface area (Å²) in [6.07, 6.45) is 5.15. The molecule has 1 saturated heterocycles. The zero-order valence-corrected chi connectivity index (χ0v) is 18.6. The first-order valence-corrected chi connectivity index (χ1v) is 12.1. The van der Waals surface area contributed by atoms with Crippen molar-refractivity contribution >= 4 is 26.5 Å². The number of fused-ring (bicyclic) bond motifs is 1. The zero-order valence-electron chi connectivity index (χ0n) is 17.8. The Balaban J connectivity index is 1.66. The third-order valence-electron chi connectivity index (χ3n) is 5.87. The quantitative estimate of drug-likeness (QED) is 0.647. The van der Waals surface area contributed by atoms with E-state index in [2.05, 4.69) is 34.6 Å². The van der Waals surface area contributed by atoms with E-state index in [0.717, 1.165) is 46.0 Å². The highest BCUT2D eigenvalue weighted by Crippen LogP contribution is 2.33. The first-order valence-electron chi connectivity index (χ1n) is 10.5. The van der Waals surface area contributed by atoms with Gasteiger partial charge in [-0.1, -0.05) is 6.07 Å². The smallest absolute Gasteiger partial charge is 0.213 e. The molecule has 1 aliphatic rings. The largest absolute Gasteiger partial charge is 0.382 e. The fraction of sp³-hybridized carbons (Fsp3) is 0.333. The topological polar surface area (TPSA) is 86.1 Å². The standard InChI is InChI=1S/C24H26N4O2S/c1-3-31(29,30)28-8-5-22(6-9-28)27-24-14-21(13-19-4-7-26-16-23(19)24)20-11-17(2)10-18(12-20)15-25/h4,7,10-14,16,22,27H,3,5-6,8-9H2,1-2H3. The highest BCUT2D eigenvalue weighted by molar-refractivity contribution is 7.89. The van der Waals surface area contributed by atoms with Crippen LogP contribution in [0.3, 0.4) is 0 Å². The molecule has 1 aliphatic heterocycles. The molecule has 0 spiro atoms. The summed E-state index contributed by atoms with van der Waals surface area (Å²) in [5.74, 6) is 0.143. The molecule has 0 atom stereocenters. The third-order valence-corrected chi connectivity index (χ3v) is 7.75. The zero-order chi connectivity index (χ0) is 22.0. The number of hydrogen-bond acceptors (Lipinski definition) is 5. The minimum atomic E-state index is -3.14. The van der Waals surface area contributed by atoms with E-state index >= 15 is 0 Å². The summed E-state index contributed by atoms with van der Waals surface area (Å²) in [5.41, 5.74) is 4.71. The number of nitrogens with one attached hydrogen (secondary N) is 1. The molecule has 0 aliphatic carbocycles. The molecule has 160 valence electrons. The average molecular weight is 435 g/mol. The summed E-state index contributed by atoms with van der Waals surface area (Å²) in [5, 5.41) is 15.1. The van der Waals surface area contributed by atoms with Crippen molar-refractivity contribution in [1.29, 1.82) is 5.26 Å². The highest BCUT2D eigenvalue weighted by atomic mass is 32.2. The van der Waals surface area contributed by atoms with Crippen molar-refractivity contribution in [2.45, 2.75) is 32.7 Å². The first-order chi connectivity index (χ1) is 14.9. The van der Waals surface area contributed by atoms with E-state index in [-0.39, 0.29) is 11.8 Å². The number of hydrogen-bond donors (Lipinski definition) is 1. The van der Waals surface area contributed by atoms with Crippen LogP contribution in [-0.4, -0.2) is 42.6 Å². The van der Waals surface area contributed by atoms with Crippen molar-refractivity contribution in [3.05, 3.63) is 59.9 Å². The van der Waals surface area contributed by atoms with Crippen LogP contribution in [0.1, 0.15) is 30.9 Å². The molecule has 0 bridgehead atoms. The number of benzene rings is 2. The summed E-state index contributed by atoms with van der Waals surface area (Å²) >= 11 is 0. The maximum atomic E-state index is 12.1. The van der Waals surface area contributed by atoms with Gasteiger partial charge in [-0.25, -0.2) is 12.7 Å². The lowest BCUT2D eigenvalue weighted by molar-refractivity contribution is 0.330. The minimum Gasteiger partial charge on any atom is -0.382 e. The molecule has 0 amide bonds. The lowest BCUT2D eigenvalue weighted by Gasteiger charge is -2.32. The maximum absolute atomic E-state index is 12.1. The summed E-state index contributed by atoms with van der Waals surface area (Å²) in [4.78, 5) is 4.30. The number of nitriles is 1. The van der Waals surface area contributed by atoms with Gasteiger partial charge in [-0.3, -0.25) is 4.98 Å². The van der Waals surface area contributed by atoms with Gasteiger partial charge < -0.3 is 5.32 Å². The van der Waals surface area contributed by atoms with Crippen LogP contribution in [0.15, 0.2) is 48.8 Å². The van der Waals surface area contributed by atoms with Gasteiger partial charge in [-0.2, -0.15) is 5.26 Å². The van der Waals surface area contributed by atoms with Crippen LogP contribution in [-0.2, 0) is 10.0 Å². The van der Waals surface area contributed by atoms with Crippen molar-refractivity contribution in [1.82, 2.24) is 9.29 Å². The Bertz CT molecular complexity index is 1260. The fourth-order valence-electron chi connectivity index (χ4n) is 4.18. The second kappa shape index (κ2) is 8.66. The van der Waals surface area contributed by atoms with Crippen LogP contribution in [0.2, 0.25) is 0 Å². The third kappa shape index (κ3) is 4.55. The monoisotopic (exact) mass is 434 g/mol. The van der Waals surface area contributed by atoms with E-state index in [1.165, 1.54) is 0 Å². The lowest BCUT2D eigenvalue weighted by atomic mass is 9.97. The van der Waals surface area contributed by atoms with E-state index in [1.54, 1.807) is 17.4 Å². The Kier molecular flexibility index (Phi) is 5.94. The molecule has 0 unspecified atom stereocenters. The van der Waals surface area contributed by atoms with Gasteiger partial charge in [0.1, 0.15) is 0 Å². The number of sulfonamides is 1. The normalized spacial score (nSPS) is 15.6. The lowest BCUT2D eigenvalue weighted by Crippen LogP contribution is -2.42. The molecule has 7 heteroatoms. The number of nitrogens with zero attached hydrogens (tertiary/aromatic N) is 3. The molecule has 6 nitrogen and oxygen atoms in total. The van der Waals surface area contributed by atoms with Crippen molar-refractivity contribution in [2.75, 3.05) is 24.2 Å². The maximum Gasteiger partial charge on any atom is 0.213 e. The second-order valence-electron chi connectivity index (χ2n) is 8.04. The molecule has 3 aromatic rings. The predicted octanol–water partition coefficient (Wildman–Crippen LogP) is 4.31. The Morgan fingerprint density at radius 1 is 1.16 bits per heavy atom. The van der Waals surface area contributed by atoms with Crippen LogP contribution in [0.5, 0.6) is 0 Å². The van der Waals surface area contributed by atoms with Gasteiger partial charge in [-0.05, 0) is 79.1 Å². The van der Waals surface area contributed by atoms with E-state index in [9.17, 15) is 13.7 Å². The Hall–Kier alpha value is -2.95. The van der Waals surface area contributed by atoms with E-state index in [1.807, 2.05) is 31.3 Å². The van der Waals surface area contributed by atoms with Crippen LogP contribution < -0.4 is 5.32 Å². The molecule has 4 rings (SSSR count). The van der Waals surface area contributed by atoms with Crippen molar-refractivity contribution in [2.24, 2.45) is 0 Å². The van der Waals surface area contributed by atoms with Gasteiger partial charge in [0.05, 0.1) is 17.4 Å². The summed E-state index contributed by atoms with van der Waals surface area (Å²) < 4.78 is 25.9. The molecule has 2 aromatic carbocycles. The van der Waals surface area contributed by atoms with E-state index in [0.29, 0.717) is 18.7 Å². The Labute approximate surface area is 183 Å². The van der Waals surface area contributed by atoms with Crippen molar-refractivity contribution < 1.29 is 8.42 Å². The van der Waals surface area contributed by atoms with Crippen molar-refractivity contribution in [3.8, 4) is 17.2 Å².